The Morgan fingerprint density at radius 3 is 2.39 bits per heavy atom. The first-order valence-electron chi connectivity index (χ1n) is 6.16. The van der Waals surface area contributed by atoms with Crippen molar-refractivity contribution in [1.29, 1.82) is 0 Å². The average molecular weight is 257 g/mol. The van der Waals surface area contributed by atoms with Crippen molar-refractivity contribution in [2.45, 2.75) is 44.4 Å². The molecule has 2 unspecified atom stereocenters. The van der Waals surface area contributed by atoms with E-state index in [4.69, 9.17) is 5.11 Å². The Kier molecular flexibility index (Phi) is 4.14. The number of hydrogen-bond donors (Lipinski definition) is 3. The van der Waals surface area contributed by atoms with E-state index in [-0.39, 0.29) is 12.6 Å². The highest BCUT2D eigenvalue weighted by Crippen LogP contribution is 2.22. The van der Waals surface area contributed by atoms with Crippen molar-refractivity contribution < 1.29 is 19.0 Å². The lowest BCUT2D eigenvalue weighted by Crippen LogP contribution is -2.41. The van der Waals surface area contributed by atoms with E-state index in [9.17, 15) is 13.9 Å². The van der Waals surface area contributed by atoms with Gasteiger partial charge >= 0.3 is 0 Å². The van der Waals surface area contributed by atoms with Crippen LogP contribution in [0.2, 0.25) is 0 Å². The summed E-state index contributed by atoms with van der Waals surface area (Å²) < 4.78 is 26.2. The molecule has 2 atom stereocenters. The summed E-state index contributed by atoms with van der Waals surface area (Å²) in [6, 6.07) is 2.17. The van der Waals surface area contributed by atoms with Crippen molar-refractivity contribution in [1.82, 2.24) is 5.32 Å². The van der Waals surface area contributed by atoms with Gasteiger partial charge in [0, 0.05) is 12.6 Å². The fourth-order valence-electron chi connectivity index (χ4n) is 2.32. The number of aliphatic hydroxyl groups excluding tert-OH is 1. The van der Waals surface area contributed by atoms with Crippen LogP contribution in [-0.4, -0.2) is 22.4 Å². The normalized spacial score (nSPS) is 24.2. The third kappa shape index (κ3) is 2.97. The van der Waals surface area contributed by atoms with Gasteiger partial charge in [-0.15, -0.1) is 0 Å². The second kappa shape index (κ2) is 5.63. The van der Waals surface area contributed by atoms with Crippen LogP contribution in [0.5, 0.6) is 5.75 Å². The maximum absolute atomic E-state index is 13.1. The van der Waals surface area contributed by atoms with Crippen molar-refractivity contribution in [3.8, 4) is 5.75 Å². The largest absolute Gasteiger partial charge is 0.503 e. The van der Waals surface area contributed by atoms with Gasteiger partial charge in [0.2, 0.25) is 0 Å². The first-order chi connectivity index (χ1) is 8.58. The zero-order chi connectivity index (χ0) is 13.1. The fraction of sp³-hybridized carbons (Fsp3) is 0.538. The van der Waals surface area contributed by atoms with E-state index >= 15 is 0 Å². The zero-order valence-corrected chi connectivity index (χ0v) is 10.00. The Bertz CT molecular complexity index is 402. The summed E-state index contributed by atoms with van der Waals surface area (Å²) in [5, 5.41) is 21.8. The summed E-state index contributed by atoms with van der Waals surface area (Å²) in [5.41, 5.74) is 0.417. The maximum atomic E-state index is 13.1. The third-order valence-corrected chi connectivity index (χ3v) is 3.37. The Labute approximate surface area is 104 Å². The second-order valence-electron chi connectivity index (χ2n) is 4.75. The standard InChI is InChI=1S/C13H17F2NO2/c14-9-5-8(6-10(15)13(9)18)7-16-11-3-1-2-4-12(11)17/h5-6,11-12,16-18H,1-4,7H2. The predicted octanol–water partition coefficient (Wildman–Crippen LogP) is 2.06. The van der Waals surface area contributed by atoms with E-state index in [1.165, 1.54) is 0 Å². The van der Waals surface area contributed by atoms with Crippen LogP contribution >= 0.6 is 0 Å². The summed E-state index contributed by atoms with van der Waals surface area (Å²) >= 11 is 0. The molecule has 100 valence electrons. The Morgan fingerprint density at radius 2 is 1.78 bits per heavy atom. The lowest BCUT2D eigenvalue weighted by atomic mass is 9.92. The van der Waals surface area contributed by atoms with Gasteiger partial charge in [-0.05, 0) is 30.5 Å². The second-order valence-corrected chi connectivity index (χ2v) is 4.75. The van der Waals surface area contributed by atoms with Crippen LogP contribution in [0.15, 0.2) is 12.1 Å². The topological polar surface area (TPSA) is 52.5 Å². The van der Waals surface area contributed by atoms with Crippen LogP contribution in [0.25, 0.3) is 0 Å². The molecule has 0 amide bonds. The molecule has 3 N–H and O–H groups in total. The number of phenolic OH excluding ortho intramolecular Hbond substituents is 1. The molecule has 1 fully saturated rings. The molecule has 1 aromatic rings. The fourth-order valence-corrected chi connectivity index (χ4v) is 2.32. The predicted molar refractivity (Wildman–Crippen MR) is 63.1 cm³/mol. The van der Waals surface area contributed by atoms with Crippen LogP contribution in [0.4, 0.5) is 8.78 Å². The van der Waals surface area contributed by atoms with Crippen molar-refractivity contribution in [2.24, 2.45) is 0 Å². The number of phenols is 1. The van der Waals surface area contributed by atoms with Crippen LogP contribution in [-0.2, 0) is 6.54 Å². The van der Waals surface area contributed by atoms with Crippen molar-refractivity contribution in [3.63, 3.8) is 0 Å². The smallest absolute Gasteiger partial charge is 0.187 e. The summed E-state index contributed by atoms with van der Waals surface area (Å²) in [6.45, 7) is 0.274. The van der Waals surface area contributed by atoms with Gasteiger partial charge in [0.25, 0.3) is 0 Å². The molecule has 0 aliphatic heterocycles. The van der Waals surface area contributed by atoms with Gasteiger partial charge in [0.1, 0.15) is 0 Å². The molecule has 5 heteroatoms. The van der Waals surface area contributed by atoms with Gasteiger partial charge < -0.3 is 15.5 Å². The van der Waals surface area contributed by atoms with Crippen molar-refractivity contribution in [3.05, 3.63) is 29.3 Å². The minimum Gasteiger partial charge on any atom is -0.503 e. The molecule has 1 aliphatic carbocycles. The van der Waals surface area contributed by atoms with Gasteiger partial charge in [0.05, 0.1) is 6.10 Å². The highest BCUT2D eigenvalue weighted by atomic mass is 19.1. The Hall–Kier alpha value is -1.20. The number of benzene rings is 1. The highest BCUT2D eigenvalue weighted by molar-refractivity contribution is 5.30. The minimum atomic E-state index is -0.962. The molecule has 0 heterocycles. The quantitative estimate of drug-likeness (QED) is 0.777. The summed E-state index contributed by atoms with van der Waals surface area (Å²) in [4.78, 5) is 0. The molecule has 1 saturated carbocycles. The molecule has 18 heavy (non-hydrogen) atoms. The van der Waals surface area contributed by atoms with E-state index in [1.54, 1.807) is 0 Å². The highest BCUT2D eigenvalue weighted by Gasteiger charge is 2.22. The molecule has 3 nitrogen and oxygen atoms in total. The third-order valence-electron chi connectivity index (χ3n) is 3.37. The monoisotopic (exact) mass is 257 g/mol. The molecular weight excluding hydrogens is 240 g/mol. The maximum Gasteiger partial charge on any atom is 0.187 e. The van der Waals surface area contributed by atoms with Gasteiger partial charge in [-0.2, -0.15) is 0 Å². The number of aromatic hydroxyl groups is 1. The molecule has 0 saturated heterocycles. The van der Waals surface area contributed by atoms with Crippen LogP contribution in [0.3, 0.4) is 0 Å². The van der Waals surface area contributed by atoms with Gasteiger partial charge in [0.15, 0.2) is 17.4 Å². The van der Waals surface area contributed by atoms with Gasteiger partial charge in [-0.3, -0.25) is 0 Å². The lowest BCUT2D eigenvalue weighted by Gasteiger charge is -2.28. The number of nitrogens with one attached hydrogen (secondary N) is 1. The first-order valence-corrected chi connectivity index (χ1v) is 6.16. The minimum absolute atomic E-state index is 0.0290. The van der Waals surface area contributed by atoms with E-state index in [2.05, 4.69) is 5.32 Å². The molecule has 0 spiro atoms. The molecule has 1 aromatic carbocycles. The molecule has 0 radical (unpaired) electrons. The first kappa shape index (κ1) is 13.2. The van der Waals surface area contributed by atoms with E-state index in [0.29, 0.717) is 5.56 Å². The number of hydrogen-bond acceptors (Lipinski definition) is 3. The SMILES string of the molecule is Oc1c(F)cc(CNC2CCCCC2O)cc1F. The lowest BCUT2D eigenvalue weighted by molar-refractivity contribution is 0.0902. The van der Waals surface area contributed by atoms with Crippen LogP contribution < -0.4 is 5.32 Å². The Balaban J connectivity index is 1.97. The number of aliphatic hydroxyl groups is 1. The molecular formula is C13H17F2NO2. The number of rotatable bonds is 3. The van der Waals surface area contributed by atoms with Crippen molar-refractivity contribution in [2.75, 3.05) is 0 Å². The van der Waals surface area contributed by atoms with E-state index < -0.39 is 23.5 Å². The number of halogens is 2. The average Bonchev–Trinajstić information content (AvgIpc) is 2.35. The van der Waals surface area contributed by atoms with Crippen LogP contribution in [0, 0.1) is 11.6 Å². The molecule has 0 aromatic heterocycles. The summed E-state index contributed by atoms with van der Waals surface area (Å²) in [7, 11) is 0. The molecule has 1 aliphatic rings. The molecule has 0 bridgehead atoms. The van der Waals surface area contributed by atoms with Crippen molar-refractivity contribution >= 4 is 0 Å². The van der Waals surface area contributed by atoms with E-state index in [1.807, 2.05) is 0 Å². The van der Waals surface area contributed by atoms with Gasteiger partial charge in [-0.1, -0.05) is 12.8 Å². The summed E-state index contributed by atoms with van der Waals surface area (Å²) in [6.07, 6.45) is 3.29. The van der Waals surface area contributed by atoms with E-state index in [0.717, 1.165) is 37.8 Å². The zero-order valence-electron chi connectivity index (χ0n) is 10.00. The summed E-state index contributed by atoms with van der Waals surface area (Å²) in [5.74, 6) is -2.87. The van der Waals surface area contributed by atoms with Gasteiger partial charge in [-0.25, -0.2) is 8.78 Å². The molecule has 2 rings (SSSR count). The Morgan fingerprint density at radius 1 is 1.17 bits per heavy atom. The van der Waals surface area contributed by atoms with Crippen LogP contribution in [0.1, 0.15) is 31.2 Å².